The van der Waals surface area contributed by atoms with Gasteiger partial charge in [-0.15, -0.1) is 0 Å². The van der Waals surface area contributed by atoms with Crippen molar-refractivity contribution in [2.45, 2.75) is 77.2 Å². The smallest absolute Gasteiger partial charge is 0.343 e. The van der Waals surface area contributed by atoms with Crippen molar-refractivity contribution in [3.8, 4) is 28.4 Å². The van der Waals surface area contributed by atoms with E-state index in [9.17, 15) is 4.79 Å². The van der Waals surface area contributed by atoms with Gasteiger partial charge in [0.25, 0.3) is 0 Å². The molecule has 0 N–H and O–H groups in total. The number of benzene rings is 3. The van der Waals surface area contributed by atoms with Crippen LogP contribution in [-0.2, 0) is 4.74 Å². The molecule has 5 rings (SSSR count). The monoisotopic (exact) mass is 528 g/mol. The van der Waals surface area contributed by atoms with Crippen LogP contribution in [0, 0.1) is 0 Å². The molecule has 2 unspecified atom stereocenters. The number of ether oxygens (including phenoxy) is 4. The number of carbonyl (C=O) groups is 1. The normalized spacial score (nSPS) is 16.9. The van der Waals surface area contributed by atoms with Crippen LogP contribution < -0.4 is 14.2 Å². The van der Waals surface area contributed by atoms with E-state index in [1.807, 2.05) is 30.3 Å². The minimum Gasteiger partial charge on any atom is -0.494 e. The van der Waals surface area contributed by atoms with E-state index in [0.29, 0.717) is 30.6 Å². The first-order chi connectivity index (χ1) is 19.1. The summed E-state index contributed by atoms with van der Waals surface area (Å²) in [5.41, 5.74) is 5.31. The number of hydrogen-bond donors (Lipinski definition) is 0. The summed E-state index contributed by atoms with van der Waals surface area (Å²) < 4.78 is 22.9. The highest BCUT2D eigenvalue weighted by molar-refractivity contribution is 5.91. The molecule has 5 nitrogen and oxygen atoms in total. The second-order valence-electron chi connectivity index (χ2n) is 10.7. The summed E-state index contributed by atoms with van der Waals surface area (Å²) in [4.78, 5) is 12.8. The molecule has 5 heteroatoms. The summed E-state index contributed by atoms with van der Waals surface area (Å²) in [6, 6.07) is 19.5. The van der Waals surface area contributed by atoms with Gasteiger partial charge in [0.1, 0.15) is 17.2 Å². The van der Waals surface area contributed by atoms with Crippen molar-refractivity contribution in [2.75, 3.05) is 19.8 Å². The molecule has 3 aromatic carbocycles. The van der Waals surface area contributed by atoms with Crippen LogP contribution in [0.4, 0.5) is 0 Å². The summed E-state index contributed by atoms with van der Waals surface area (Å²) in [5, 5.41) is 0. The largest absolute Gasteiger partial charge is 0.494 e. The summed E-state index contributed by atoms with van der Waals surface area (Å²) >= 11 is 0. The van der Waals surface area contributed by atoms with Gasteiger partial charge in [-0.25, -0.2) is 4.79 Å². The Bertz CT molecular complexity index is 1240. The molecule has 206 valence electrons. The van der Waals surface area contributed by atoms with Crippen molar-refractivity contribution in [1.82, 2.24) is 0 Å². The van der Waals surface area contributed by atoms with Crippen LogP contribution >= 0.6 is 0 Å². The van der Waals surface area contributed by atoms with E-state index in [4.69, 9.17) is 18.9 Å². The number of fused-ring (bicyclic) bond motifs is 3. The van der Waals surface area contributed by atoms with Crippen LogP contribution in [0.3, 0.4) is 0 Å². The molecular formula is C34H40O5. The van der Waals surface area contributed by atoms with Crippen molar-refractivity contribution in [3.63, 3.8) is 0 Å². The highest BCUT2D eigenvalue weighted by Gasteiger charge is 2.27. The fraction of sp³-hybridized carbons (Fsp3) is 0.441. The fourth-order valence-electron chi connectivity index (χ4n) is 5.27. The molecule has 1 saturated heterocycles. The molecule has 0 saturated carbocycles. The molecule has 1 aliphatic heterocycles. The number of rotatable bonds is 15. The third-order valence-electron chi connectivity index (χ3n) is 7.68. The number of epoxide rings is 1. The van der Waals surface area contributed by atoms with Crippen LogP contribution in [0.5, 0.6) is 17.2 Å². The van der Waals surface area contributed by atoms with Gasteiger partial charge in [-0.05, 0) is 90.0 Å². The van der Waals surface area contributed by atoms with Gasteiger partial charge in [0.05, 0.1) is 31.5 Å². The zero-order valence-electron chi connectivity index (χ0n) is 23.2. The van der Waals surface area contributed by atoms with Gasteiger partial charge in [-0.3, -0.25) is 0 Å². The molecule has 0 spiro atoms. The van der Waals surface area contributed by atoms with E-state index in [2.05, 4.69) is 32.0 Å². The Labute approximate surface area is 232 Å². The molecule has 1 heterocycles. The van der Waals surface area contributed by atoms with Crippen LogP contribution in [-0.4, -0.2) is 31.9 Å². The van der Waals surface area contributed by atoms with E-state index in [0.717, 1.165) is 42.9 Å². The fourth-order valence-corrected chi connectivity index (χ4v) is 5.27. The van der Waals surface area contributed by atoms with Gasteiger partial charge in [0.15, 0.2) is 0 Å². The zero-order chi connectivity index (χ0) is 27.0. The lowest BCUT2D eigenvalue weighted by atomic mass is 9.99. The van der Waals surface area contributed by atoms with Crippen LogP contribution in [0.25, 0.3) is 11.1 Å². The van der Waals surface area contributed by atoms with Crippen molar-refractivity contribution < 1.29 is 23.7 Å². The Balaban J connectivity index is 1.13. The molecule has 0 radical (unpaired) electrons. The minimum atomic E-state index is -0.368. The number of carbonyl (C=O) groups excluding carboxylic acids is 1. The van der Waals surface area contributed by atoms with Crippen LogP contribution in [0.2, 0.25) is 0 Å². The van der Waals surface area contributed by atoms with Crippen molar-refractivity contribution in [3.05, 3.63) is 77.4 Å². The minimum absolute atomic E-state index is 0.195. The number of hydrogen-bond acceptors (Lipinski definition) is 5. The maximum Gasteiger partial charge on any atom is 0.343 e. The maximum absolute atomic E-state index is 12.8. The quantitative estimate of drug-likeness (QED) is 0.0859. The summed E-state index contributed by atoms with van der Waals surface area (Å²) in [7, 11) is 0. The third kappa shape index (κ3) is 7.21. The third-order valence-corrected chi connectivity index (χ3v) is 7.68. The highest BCUT2D eigenvalue weighted by Crippen LogP contribution is 2.47. The lowest BCUT2D eigenvalue weighted by molar-refractivity contribution is 0.0734. The standard InChI is InChI=1S/C34H40O5/c1-3-4-5-6-7-8-19-36-26-13-11-25(12-14-26)34(35)39-28-16-18-31-30-17-15-27(37-20-9-10-29-23-38-29)21-32(30)24(2)33(31)22-28/h11-18,21-22,24,29H,3-10,19-20,23H2,1-2H3. The Morgan fingerprint density at radius 1 is 0.769 bits per heavy atom. The van der Waals surface area contributed by atoms with Gasteiger partial charge in [-0.1, -0.05) is 58.1 Å². The first kappa shape index (κ1) is 27.3. The number of esters is 1. The second-order valence-corrected chi connectivity index (χ2v) is 10.7. The molecule has 0 bridgehead atoms. The van der Waals surface area contributed by atoms with Crippen molar-refractivity contribution in [2.24, 2.45) is 0 Å². The SMILES string of the molecule is CCCCCCCCOc1ccc(C(=O)Oc2ccc3c(c2)C(C)c2cc(OCCCC4CO4)ccc2-3)cc1. The van der Waals surface area contributed by atoms with Gasteiger partial charge in [0, 0.05) is 5.92 Å². The maximum atomic E-state index is 12.8. The van der Waals surface area contributed by atoms with Gasteiger partial charge in [0.2, 0.25) is 0 Å². The molecule has 39 heavy (non-hydrogen) atoms. The van der Waals surface area contributed by atoms with E-state index in [1.165, 1.54) is 48.8 Å². The molecular weight excluding hydrogens is 488 g/mol. The Morgan fingerprint density at radius 3 is 2.08 bits per heavy atom. The Kier molecular flexibility index (Phi) is 9.20. The zero-order valence-corrected chi connectivity index (χ0v) is 23.2. The van der Waals surface area contributed by atoms with Crippen molar-refractivity contribution >= 4 is 5.97 Å². The Morgan fingerprint density at radius 2 is 1.36 bits per heavy atom. The number of unbranched alkanes of at least 4 members (excludes halogenated alkanes) is 5. The van der Waals surface area contributed by atoms with Crippen LogP contribution in [0.1, 0.15) is 92.6 Å². The van der Waals surface area contributed by atoms with Gasteiger partial charge in [-0.2, -0.15) is 0 Å². The van der Waals surface area contributed by atoms with E-state index < -0.39 is 0 Å². The molecule has 1 fully saturated rings. The van der Waals surface area contributed by atoms with Crippen LogP contribution in [0.15, 0.2) is 60.7 Å². The molecule has 2 aliphatic rings. The second kappa shape index (κ2) is 13.2. The van der Waals surface area contributed by atoms with Gasteiger partial charge >= 0.3 is 5.97 Å². The molecule has 2 atom stereocenters. The average molecular weight is 529 g/mol. The lowest BCUT2D eigenvalue weighted by Crippen LogP contribution is -2.08. The van der Waals surface area contributed by atoms with E-state index in [1.54, 1.807) is 12.1 Å². The highest BCUT2D eigenvalue weighted by atomic mass is 16.6. The van der Waals surface area contributed by atoms with E-state index >= 15 is 0 Å². The predicted molar refractivity (Wildman–Crippen MR) is 154 cm³/mol. The molecule has 3 aromatic rings. The summed E-state index contributed by atoms with van der Waals surface area (Å²) in [6.07, 6.45) is 9.90. The van der Waals surface area contributed by atoms with Crippen molar-refractivity contribution in [1.29, 1.82) is 0 Å². The average Bonchev–Trinajstić information content (AvgIpc) is 3.75. The summed E-state index contributed by atoms with van der Waals surface area (Å²) in [5.74, 6) is 2.06. The molecule has 0 aromatic heterocycles. The molecule has 0 amide bonds. The summed E-state index contributed by atoms with van der Waals surface area (Å²) in [6.45, 7) is 6.72. The lowest BCUT2D eigenvalue weighted by Gasteiger charge is -2.11. The van der Waals surface area contributed by atoms with E-state index in [-0.39, 0.29) is 11.9 Å². The molecule has 1 aliphatic carbocycles. The first-order valence-electron chi connectivity index (χ1n) is 14.6. The Hall–Kier alpha value is -3.31. The first-order valence-corrected chi connectivity index (χ1v) is 14.6. The topological polar surface area (TPSA) is 57.3 Å². The van der Waals surface area contributed by atoms with Gasteiger partial charge < -0.3 is 18.9 Å². The predicted octanol–water partition coefficient (Wildman–Crippen LogP) is 8.34.